The molecule has 0 N–H and O–H groups in total. The second-order valence-electron chi connectivity index (χ2n) is 4.47. The summed E-state index contributed by atoms with van der Waals surface area (Å²) in [4.78, 5) is 27.3. The van der Waals surface area contributed by atoms with Crippen LogP contribution in [0.1, 0.15) is 45.0 Å². The van der Waals surface area contributed by atoms with Gasteiger partial charge in [-0.2, -0.15) is 0 Å². The number of carbonyl (C=O) groups is 2. The molecule has 0 saturated carbocycles. The van der Waals surface area contributed by atoms with Crippen LogP contribution in [-0.2, 0) is 0 Å². The summed E-state index contributed by atoms with van der Waals surface area (Å²) in [6, 6.07) is 10.8. The van der Waals surface area contributed by atoms with Gasteiger partial charge in [0.2, 0.25) is 0 Å². The number of nitrogens with zero attached hydrogens (tertiary/aromatic N) is 1. The molecule has 2 amide bonds. The third kappa shape index (κ3) is 1.79. The highest BCUT2D eigenvalue weighted by Crippen LogP contribution is 2.34. The van der Waals surface area contributed by atoms with Gasteiger partial charge in [0.05, 0.1) is 17.2 Å². The summed E-state index contributed by atoms with van der Waals surface area (Å²) in [5.41, 5.74) is 1.03. The van der Waals surface area contributed by atoms with Gasteiger partial charge in [-0.15, -0.1) is 11.3 Å². The molecule has 0 aliphatic carbocycles. The van der Waals surface area contributed by atoms with E-state index in [-0.39, 0.29) is 17.9 Å². The molecule has 1 aliphatic heterocycles. The van der Waals surface area contributed by atoms with Gasteiger partial charge in [-0.1, -0.05) is 25.1 Å². The van der Waals surface area contributed by atoms with Gasteiger partial charge >= 0.3 is 0 Å². The smallest absolute Gasteiger partial charge is 0.262 e. The number of benzene rings is 1. The van der Waals surface area contributed by atoms with Gasteiger partial charge in [-0.3, -0.25) is 14.5 Å². The Morgan fingerprint density at radius 2 is 1.68 bits per heavy atom. The average Bonchev–Trinajstić information content (AvgIpc) is 3.04. The first-order chi connectivity index (χ1) is 9.24. The zero-order chi connectivity index (χ0) is 13.4. The third-order valence-electron chi connectivity index (χ3n) is 3.40. The normalized spacial score (nSPS) is 15.7. The van der Waals surface area contributed by atoms with Crippen molar-refractivity contribution < 1.29 is 9.59 Å². The summed E-state index contributed by atoms with van der Waals surface area (Å²) in [6.07, 6.45) is 0.728. The maximum Gasteiger partial charge on any atom is 0.262 e. The first-order valence-corrected chi connectivity index (χ1v) is 7.12. The van der Waals surface area contributed by atoms with Crippen molar-refractivity contribution >= 4 is 23.2 Å². The first kappa shape index (κ1) is 12.1. The minimum absolute atomic E-state index is 0.160. The summed E-state index contributed by atoms with van der Waals surface area (Å²) in [5, 5.41) is 1.97. The topological polar surface area (TPSA) is 37.4 Å². The Bertz CT molecular complexity index is 598. The Morgan fingerprint density at radius 1 is 1.05 bits per heavy atom. The minimum Gasteiger partial charge on any atom is -0.269 e. The Morgan fingerprint density at radius 3 is 2.16 bits per heavy atom. The molecule has 1 aliphatic rings. The van der Waals surface area contributed by atoms with Crippen LogP contribution >= 0.6 is 11.3 Å². The highest BCUT2D eigenvalue weighted by molar-refractivity contribution is 7.10. The second kappa shape index (κ2) is 4.63. The quantitative estimate of drug-likeness (QED) is 0.801. The fourth-order valence-corrected chi connectivity index (χ4v) is 3.38. The lowest BCUT2D eigenvalue weighted by Crippen LogP contribution is -2.33. The summed E-state index contributed by atoms with van der Waals surface area (Å²) in [6.45, 7) is 1.99. The fourth-order valence-electron chi connectivity index (χ4n) is 2.48. The average molecular weight is 271 g/mol. The first-order valence-electron chi connectivity index (χ1n) is 6.24. The van der Waals surface area contributed by atoms with Crippen LogP contribution in [0.2, 0.25) is 0 Å². The lowest BCUT2D eigenvalue weighted by molar-refractivity contribution is 0.0580. The predicted octanol–water partition coefficient (Wildman–Crippen LogP) is 3.50. The van der Waals surface area contributed by atoms with Gasteiger partial charge in [0.25, 0.3) is 11.8 Å². The highest BCUT2D eigenvalue weighted by Gasteiger charge is 2.39. The van der Waals surface area contributed by atoms with E-state index in [0.29, 0.717) is 11.1 Å². The van der Waals surface area contributed by atoms with Crippen molar-refractivity contribution in [3.63, 3.8) is 0 Å². The van der Waals surface area contributed by atoms with Gasteiger partial charge in [-0.05, 0) is 30.0 Å². The molecular weight excluding hydrogens is 258 g/mol. The van der Waals surface area contributed by atoms with Crippen LogP contribution in [0, 0.1) is 0 Å². The summed E-state index contributed by atoms with van der Waals surface area (Å²) in [7, 11) is 0. The van der Waals surface area contributed by atoms with Gasteiger partial charge in [0, 0.05) is 4.88 Å². The summed E-state index contributed by atoms with van der Waals surface area (Å²) >= 11 is 1.58. The van der Waals surface area contributed by atoms with E-state index in [0.717, 1.165) is 11.3 Å². The summed E-state index contributed by atoms with van der Waals surface area (Å²) in [5.74, 6) is -0.360. The van der Waals surface area contributed by atoms with Gasteiger partial charge < -0.3 is 0 Å². The van der Waals surface area contributed by atoms with Crippen molar-refractivity contribution in [2.24, 2.45) is 0 Å². The molecule has 3 nitrogen and oxygen atoms in total. The number of imide groups is 1. The molecule has 0 bridgehead atoms. The number of thiophene rings is 1. The molecule has 3 rings (SSSR count). The number of fused-ring (bicyclic) bond motifs is 1. The maximum absolute atomic E-state index is 12.4. The molecule has 0 spiro atoms. The standard InChI is InChI=1S/C15H13NO2S/c1-2-12(13-8-5-9-19-13)16-14(17)10-6-3-4-7-11(10)15(16)18/h3-9,12H,2H2,1H3. The third-order valence-corrected chi connectivity index (χ3v) is 4.37. The van der Waals surface area contributed by atoms with E-state index in [1.165, 1.54) is 4.90 Å². The van der Waals surface area contributed by atoms with Crippen molar-refractivity contribution in [3.8, 4) is 0 Å². The second-order valence-corrected chi connectivity index (χ2v) is 5.44. The van der Waals surface area contributed by atoms with E-state index in [1.807, 2.05) is 24.4 Å². The molecule has 0 saturated heterocycles. The van der Waals surface area contributed by atoms with Crippen molar-refractivity contribution in [1.29, 1.82) is 0 Å². The fraction of sp³-hybridized carbons (Fsp3) is 0.200. The zero-order valence-electron chi connectivity index (χ0n) is 10.5. The number of hydrogen-bond donors (Lipinski definition) is 0. The van der Waals surface area contributed by atoms with E-state index in [1.54, 1.807) is 35.6 Å². The SMILES string of the molecule is CCC(c1cccs1)N1C(=O)c2ccccc2C1=O. The lowest BCUT2D eigenvalue weighted by Gasteiger charge is -2.24. The van der Waals surface area contributed by atoms with E-state index >= 15 is 0 Å². The van der Waals surface area contributed by atoms with E-state index in [9.17, 15) is 9.59 Å². The molecule has 1 unspecified atom stereocenters. The Labute approximate surface area is 115 Å². The van der Waals surface area contributed by atoms with E-state index < -0.39 is 0 Å². The zero-order valence-corrected chi connectivity index (χ0v) is 11.3. The van der Waals surface area contributed by atoms with Crippen molar-refractivity contribution in [1.82, 2.24) is 4.90 Å². The van der Waals surface area contributed by atoms with Crippen LogP contribution < -0.4 is 0 Å². The van der Waals surface area contributed by atoms with Crippen LogP contribution in [0.3, 0.4) is 0 Å². The predicted molar refractivity (Wildman–Crippen MR) is 74.3 cm³/mol. The lowest BCUT2D eigenvalue weighted by atomic mass is 10.1. The van der Waals surface area contributed by atoms with Gasteiger partial charge in [0.15, 0.2) is 0 Å². The van der Waals surface area contributed by atoms with Crippen LogP contribution in [0.5, 0.6) is 0 Å². The number of amides is 2. The number of carbonyl (C=O) groups excluding carboxylic acids is 2. The Balaban J connectivity index is 2.04. The summed E-state index contributed by atoms with van der Waals surface area (Å²) < 4.78 is 0. The molecule has 4 heteroatoms. The molecule has 2 aromatic rings. The van der Waals surface area contributed by atoms with Gasteiger partial charge in [-0.25, -0.2) is 0 Å². The van der Waals surface area contributed by atoms with Crippen molar-refractivity contribution in [2.45, 2.75) is 19.4 Å². The van der Waals surface area contributed by atoms with Crippen LogP contribution in [0.25, 0.3) is 0 Å². The molecular formula is C15H13NO2S. The Hall–Kier alpha value is -1.94. The molecule has 0 fully saturated rings. The van der Waals surface area contributed by atoms with Gasteiger partial charge in [0.1, 0.15) is 0 Å². The van der Waals surface area contributed by atoms with Crippen molar-refractivity contribution in [2.75, 3.05) is 0 Å². The molecule has 19 heavy (non-hydrogen) atoms. The van der Waals surface area contributed by atoms with E-state index in [2.05, 4.69) is 0 Å². The van der Waals surface area contributed by atoms with Crippen LogP contribution in [0.4, 0.5) is 0 Å². The molecule has 1 aromatic carbocycles. The minimum atomic E-state index is -0.180. The Kier molecular flexibility index (Phi) is 2.95. The highest BCUT2D eigenvalue weighted by atomic mass is 32.1. The van der Waals surface area contributed by atoms with Crippen LogP contribution in [-0.4, -0.2) is 16.7 Å². The number of hydrogen-bond acceptors (Lipinski definition) is 3. The van der Waals surface area contributed by atoms with E-state index in [4.69, 9.17) is 0 Å². The molecule has 96 valence electrons. The maximum atomic E-state index is 12.4. The molecule has 2 heterocycles. The molecule has 0 radical (unpaired) electrons. The molecule has 1 atom stereocenters. The van der Waals surface area contributed by atoms with Crippen LogP contribution in [0.15, 0.2) is 41.8 Å². The largest absolute Gasteiger partial charge is 0.269 e. The number of rotatable bonds is 3. The molecule has 1 aromatic heterocycles. The monoisotopic (exact) mass is 271 g/mol. The van der Waals surface area contributed by atoms with Crippen molar-refractivity contribution in [3.05, 3.63) is 57.8 Å².